The molecule has 2 aromatic rings. The number of halogens is 1. The number of hydrogen-bond donors (Lipinski definition) is 1. The van der Waals surface area contributed by atoms with Gasteiger partial charge < -0.3 is 5.32 Å². The van der Waals surface area contributed by atoms with Gasteiger partial charge in [0.25, 0.3) is 0 Å². The summed E-state index contributed by atoms with van der Waals surface area (Å²) in [5, 5.41) is 12.5. The van der Waals surface area contributed by atoms with E-state index in [-0.39, 0.29) is 6.04 Å². The van der Waals surface area contributed by atoms with Crippen LogP contribution in [-0.2, 0) is 0 Å². The maximum atomic E-state index is 8.75. The van der Waals surface area contributed by atoms with Gasteiger partial charge in [-0.05, 0) is 36.8 Å². The van der Waals surface area contributed by atoms with E-state index < -0.39 is 0 Å². The van der Waals surface area contributed by atoms with Crippen LogP contribution in [-0.4, -0.2) is 4.98 Å². The van der Waals surface area contributed by atoms with Crippen molar-refractivity contribution >= 4 is 17.3 Å². The fourth-order valence-electron chi connectivity index (χ4n) is 1.66. The van der Waals surface area contributed by atoms with Gasteiger partial charge in [-0.15, -0.1) is 0 Å². The van der Waals surface area contributed by atoms with Gasteiger partial charge >= 0.3 is 0 Å². The molecule has 0 saturated heterocycles. The molecular formula is C14H12ClN3. The molecule has 0 fully saturated rings. The van der Waals surface area contributed by atoms with Crippen molar-refractivity contribution < 1.29 is 0 Å². The van der Waals surface area contributed by atoms with Crippen LogP contribution < -0.4 is 5.32 Å². The largest absolute Gasteiger partial charge is 0.376 e. The molecule has 1 heterocycles. The van der Waals surface area contributed by atoms with Gasteiger partial charge in [0, 0.05) is 12.2 Å². The minimum atomic E-state index is 0.0967. The number of rotatable bonds is 3. The molecule has 1 N–H and O–H groups in total. The molecule has 4 heteroatoms. The number of benzene rings is 1. The first kappa shape index (κ1) is 12.4. The Morgan fingerprint density at radius 2 is 2.00 bits per heavy atom. The van der Waals surface area contributed by atoms with Gasteiger partial charge in [-0.1, -0.05) is 23.7 Å². The molecule has 3 nitrogen and oxygen atoms in total. The lowest BCUT2D eigenvalue weighted by Crippen LogP contribution is -2.07. The Kier molecular flexibility index (Phi) is 3.81. The summed E-state index contributed by atoms with van der Waals surface area (Å²) in [4.78, 5) is 4.01. The van der Waals surface area contributed by atoms with Crippen molar-refractivity contribution in [2.24, 2.45) is 0 Å². The van der Waals surface area contributed by atoms with E-state index in [1.54, 1.807) is 18.3 Å². The van der Waals surface area contributed by atoms with Gasteiger partial charge in [-0.2, -0.15) is 5.26 Å². The highest BCUT2D eigenvalue weighted by molar-refractivity contribution is 6.31. The maximum absolute atomic E-state index is 8.75. The molecule has 0 aliphatic heterocycles. The first-order valence-electron chi connectivity index (χ1n) is 5.58. The topological polar surface area (TPSA) is 48.7 Å². The molecule has 0 amide bonds. The van der Waals surface area contributed by atoms with Crippen LogP contribution in [0.1, 0.15) is 24.1 Å². The molecule has 0 bridgehead atoms. The molecule has 0 aliphatic carbocycles. The second-order valence-electron chi connectivity index (χ2n) is 3.94. The van der Waals surface area contributed by atoms with Gasteiger partial charge in [0.05, 0.1) is 17.3 Å². The molecule has 0 aliphatic rings. The van der Waals surface area contributed by atoms with Crippen molar-refractivity contribution in [2.75, 3.05) is 5.32 Å². The zero-order valence-electron chi connectivity index (χ0n) is 9.89. The second-order valence-corrected chi connectivity index (χ2v) is 4.30. The smallest absolute Gasteiger partial charge is 0.152 e. The summed E-state index contributed by atoms with van der Waals surface area (Å²) >= 11 is 5.99. The third kappa shape index (κ3) is 2.79. The molecule has 0 saturated carbocycles. The van der Waals surface area contributed by atoms with Crippen LogP contribution in [0, 0.1) is 11.3 Å². The van der Waals surface area contributed by atoms with E-state index in [1.807, 2.05) is 31.2 Å². The molecule has 1 aromatic carbocycles. The summed E-state index contributed by atoms with van der Waals surface area (Å²) in [5.41, 5.74) is 2.55. The quantitative estimate of drug-likeness (QED) is 0.852. The van der Waals surface area contributed by atoms with Crippen LogP contribution in [0.25, 0.3) is 0 Å². The zero-order valence-corrected chi connectivity index (χ0v) is 10.6. The number of nitrogens with one attached hydrogen (secondary N) is 1. The van der Waals surface area contributed by atoms with Crippen LogP contribution in [0.5, 0.6) is 0 Å². The average Bonchev–Trinajstić information content (AvgIpc) is 2.41. The van der Waals surface area contributed by atoms with Gasteiger partial charge in [-0.3, -0.25) is 0 Å². The predicted octanol–water partition coefficient (Wildman–Crippen LogP) is 3.78. The summed E-state index contributed by atoms with van der Waals surface area (Å²) in [6.07, 6.45) is 1.65. The number of aromatic nitrogens is 1. The Morgan fingerprint density at radius 1 is 1.28 bits per heavy atom. The molecule has 0 spiro atoms. The highest BCUT2D eigenvalue weighted by Gasteiger charge is 2.07. The third-order valence-corrected chi connectivity index (χ3v) is 2.97. The monoisotopic (exact) mass is 257 g/mol. The standard InChI is InChI=1S/C14H12ClN3/c1-10(12-6-4-11(9-16)5-7-12)18-13-3-2-8-17-14(13)15/h2-8,10,18H,1H3. The molecule has 90 valence electrons. The van der Waals surface area contributed by atoms with Crippen molar-refractivity contribution in [1.29, 1.82) is 5.26 Å². The first-order chi connectivity index (χ1) is 8.70. The van der Waals surface area contributed by atoms with E-state index in [0.29, 0.717) is 10.7 Å². The summed E-state index contributed by atoms with van der Waals surface area (Å²) < 4.78 is 0. The van der Waals surface area contributed by atoms with Crippen LogP contribution in [0.2, 0.25) is 5.15 Å². The minimum Gasteiger partial charge on any atom is -0.376 e. The second kappa shape index (κ2) is 5.52. The third-order valence-electron chi connectivity index (χ3n) is 2.67. The van der Waals surface area contributed by atoms with E-state index in [0.717, 1.165) is 11.3 Å². The Morgan fingerprint density at radius 3 is 2.61 bits per heavy atom. The zero-order chi connectivity index (χ0) is 13.0. The minimum absolute atomic E-state index is 0.0967. The summed E-state index contributed by atoms with van der Waals surface area (Å²) in [5.74, 6) is 0. The molecule has 18 heavy (non-hydrogen) atoms. The highest BCUT2D eigenvalue weighted by atomic mass is 35.5. The van der Waals surface area contributed by atoms with E-state index in [4.69, 9.17) is 16.9 Å². The molecule has 0 radical (unpaired) electrons. The SMILES string of the molecule is CC(Nc1cccnc1Cl)c1ccc(C#N)cc1. The van der Waals surface area contributed by atoms with E-state index in [2.05, 4.69) is 16.4 Å². The Bertz CT molecular complexity index is 572. The predicted molar refractivity (Wildman–Crippen MR) is 72.4 cm³/mol. The molecule has 1 atom stereocenters. The summed E-state index contributed by atoms with van der Waals surface area (Å²) in [6, 6.07) is 13.4. The normalized spacial score (nSPS) is 11.6. The molecule has 1 unspecified atom stereocenters. The van der Waals surface area contributed by atoms with Gasteiger partial charge in [0.15, 0.2) is 5.15 Å². The fraction of sp³-hybridized carbons (Fsp3) is 0.143. The average molecular weight is 258 g/mol. The van der Waals surface area contributed by atoms with Crippen LogP contribution in [0.3, 0.4) is 0 Å². The molecule has 2 rings (SSSR count). The van der Waals surface area contributed by atoms with Crippen LogP contribution in [0.15, 0.2) is 42.6 Å². The van der Waals surface area contributed by atoms with E-state index in [9.17, 15) is 0 Å². The van der Waals surface area contributed by atoms with Crippen molar-refractivity contribution in [3.8, 4) is 6.07 Å². The first-order valence-corrected chi connectivity index (χ1v) is 5.95. The molecular weight excluding hydrogens is 246 g/mol. The summed E-state index contributed by atoms with van der Waals surface area (Å²) in [6.45, 7) is 2.03. The van der Waals surface area contributed by atoms with Crippen molar-refractivity contribution in [3.63, 3.8) is 0 Å². The Balaban J connectivity index is 2.15. The number of nitrogens with zero attached hydrogens (tertiary/aromatic N) is 2. The summed E-state index contributed by atoms with van der Waals surface area (Å²) in [7, 11) is 0. The van der Waals surface area contributed by atoms with Crippen LogP contribution >= 0.6 is 11.6 Å². The van der Waals surface area contributed by atoms with Crippen molar-refractivity contribution in [1.82, 2.24) is 4.98 Å². The fourth-order valence-corrected chi connectivity index (χ4v) is 1.83. The highest BCUT2D eigenvalue weighted by Crippen LogP contribution is 2.24. The lowest BCUT2D eigenvalue weighted by Gasteiger charge is -2.16. The van der Waals surface area contributed by atoms with Gasteiger partial charge in [0.1, 0.15) is 0 Å². The number of nitriles is 1. The number of anilines is 1. The van der Waals surface area contributed by atoms with Gasteiger partial charge in [0.2, 0.25) is 0 Å². The Labute approximate surface area is 111 Å². The van der Waals surface area contributed by atoms with E-state index in [1.165, 1.54) is 0 Å². The van der Waals surface area contributed by atoms with Gasteiger partial charge in [-0.25, -0.2) is 4.98 Å². The van der Waals surface area contributed by atoms with Crippen LogP contribution in [0.4, 0.5) is 5.69 Å². The lowest BCUT2D eigenvalue weighted by molar-refractivity contribution is 0.883. The lowest BCUT2D eigenvalue weighted by atomic mass is 10.1. The van der Waals surface area contributed by atoms with E-state index >= 15 is 0 Å². The van der Waals surface area contributed by atoms with Crippen molar-refractivity contribution in [2.45, 2.75) is 13.0 Å². The maximum Gasteiger partial charge on any atom is 0.152 e. The number of hydrogen-bond acceptors (Lipinski definition) is 3. The Hall–Kier alpha value is -2.05. The van der Waals surface area contributed by atoms with Crippen molar-refractivity contribution in [3.05, 3.63) is 58.9 Å². The number of pyridine rings is 1. The molecule has 1 aromatic heterocycles.